The highest BCUT2D eigenvalue weighted by Gasteiger charge is 2.31. The summed E-state index contributed by atoms with van der Waals surface area (Å²) in [4.78, 5) is 27.2. The molecule has 0 unspecified atom stereocenters. The molecule has 7 heteroatoms. The minimum atomic E-state index is -0.381. The Kier molecular flexibility index (Phi) is 5.91. The number of carbonyl (C=O) groups excluding carboxylic acids is 2. The van der Waals surface area contributed by atoms with Crippen LogP contribution < -0.4 is 4.74 Å². The first-order chi connectivity index (χ1) is 16.9. The van der Waals surface area contributed by atoms with Gasteiger partial charge in [0.15, 0.2) is 11.5 Å². The molecular weight excluding hydrogens is 445 g/mol. The first kappa shape index (κ1) is 22.5. The number of aromatic nitrogens is 2. The molecule has 35 heavy (non-hydrogen) atoms. The number of hydrogen-bond acceptors (Lipinski definition) is 4. The predicted molar refractivity (Wildman–Crippen MR) is 129 cm³/mol. The van der Waals surface area contributed by atoms with E-state index < -0.39 is 0 Å². The summed E-state index contributed by atoms with van der Waals surface area (Å²) in [5.74, 6) is -0.0722. The molecule has 176 valence electrons. The lowest BCUT2D eigenvalue weighted by Gasteiger charge is -2.24. The van der Waals surface area contributed by atoms with Gasteiger partial charge in [0.1, 0.15) is 18.2 Å². The molecule has 3 aromatic carbocycles. The molecule has 0 bridgehead atoms. The third-order valence-corrected chi connectivity index (χ3v) is 6.15. The second-order valence-corrected chi connectivity index (χ2v) is 8.63. The SMILES string of the molecule is CC(=O)c1ccc(CN(Cc2ccccc2)C(=O)c2nn(C)c3c2COc2ccc(F)cc2-3)cc1. The number of halogens is 1. The van der Waals surface area contributed by atoms with Crippen molar-refractivity contribution in [2.45, 2.75) is 26.6 Å². The Bertz CT molecular complexity index is 1410. The third kappa shape index (κ3) is 4.45. The minimum Gasteiger partial charge on any atom is -0.488 e. The normalized spacial score (nSPS) is 11.9. The van der Waals surface area contributed by atoms with Gasteiger partial charge in [0.2, 0.25) is 0 Å². The molecule has 1 aliphatic rings. The van der Waals surface area contributed by atoms with Crippen molar-refractivity contribution in [2.24, 2.45) is 7.05 Å². The Balaban J connectivity index is 1.51. The van der Waals surface area contributed by atoms with Crippen LogP contribution in [0.15, 0.2) is 72.8 Å². The van der Waals surface area contributed by atoms with Gasteiger partial charge in [-0.15, -0.1) is 0 Å². The zero-order valence-electron chi connectivity index (χ0n) is 19.5. The number of rotatable bonds is 6. The van der Waals surface area contributed by atoms with Gasteiger partial charge in [0.05, 0.1) is 5.69 Å². The number of amides is 1. The van der Waals surface area contributed by atoms with Crippen LogP contribution in [0.2, 0.25) is 0 Å². The van der Waals surface area contributed by atoms with Crippen molar-refractivity contribution in [1.82, 2.24) is 14.7 Å². The van der Waals surface area contributed by atoms with Crippen molar-refractivity contribution >= 4 is 11.7 Å². The Morgan fingerprint density at radius 3 is 2.37 bits per heavy atom. The number of aryl methyl sites for hydroxylation is 1. The van der Waals surface area contributed by atoms with E-state index in [1.54, 1.807) is 34.8 Å². The van der Waals surface area contributed by atoms with Crippen molar-refractivity contribution in [1.29, 1.82) is 0 Å². The maximum Gasteiger partial charge on any atom is 0.275 e. The van der Waals surface area contributed by atoms with Crippen molar-refractivity contribution in [3.05, 3.63) is 107 Å². The number of Topliss-reactive ketones (excluding diaryl/α,β-unsaturated/α-hetero) is 1. The lowest BCUT2D eigenvalue weighted by Crippen LogP contribution is -2.31. The first-order valence-corrected chi connectivity index (χ1v) is 11.3. The molecule has 0 aliphatic carbocycles. The predicted octanol–water partition coefficient (Wildman–Crippen LogP) is 5.16. The van der Waals surface area contributed by atoms with Gasteiger partial charge in [-0.2, -0.15) is 5.10 Å². The second-order valence-electron chi connectivity index (χ2n) is 8.63. The van der Waals surface area contributed by atoms with Crippen LogP contribution in [0.4, 0.5) is 4.39 Å². The van der Waals surface area contributed by atoms with Crippen LogP contribution in [-0.4, -0.2) is 26.4 Å². The summed E-state index contributed by atoms with van der Waals surface area (Å²) < 4.78 is 21.5. The Hall–Kier alpha value is -4.26. The molecule has 0 saturated carbocycles. The average molecular weight is 470 g/mol. The molecule has 6 nitrogen and oxygen atoms in total. The number of carbonyl (C=O) groups is 2. The quantitative estimate of drug-likeness (QED) is 0.366. The van der Waals surface area contributed by atoms with Crippen LogP contribution in [0, 0.1) is 5.82 Å². The lowest BCUT2D eigenvalue weighted by atomic mass is 10.0. The molecule has 0 N–H and O–H groups in total. The standard InChI is InChI=1S/C28H24FN3O3/c1-18(33)21-10-8-20(9-11-21)16-32(15-19-6-4-3-5-7-19)28(34)26-24-17-35-25-13-12-22(29)14-23(25)27(24)31(2)30-26/h3-14H,15-17H2,1-2H3. The van der Waals surface area contributed by atoms with Crippen LogP contribution in [-0.2, 0) is 26.7 Å². The fourth-order valence-electron chi connectivity index (χ4n) is 4.39. The zero-order chi connectivity index (χ0) is 24.5. The van der Waals surface area contributed by atoms with Crippen molar-refractivity contribution in [2.75, 3.05) is 0 Å². The van der Waals surface area contributed by atoms with E-state index >= 15 is 0 Å². The molecule has 4 aromatic rings. The molecule has 0 spiro atoms. The van der Waals surface area contributed by atoms with Crippen molar-refractivity contribution < 1.29 is 18.7 Å². The molecule has 5 rings (SSSR count). The number of ether oxygens (including phenoxy) is 1. The number of fused-ring (bicyclic) bond motifs is 3. The molecule has 0 fully saturated rings. The number of ketones is 1. The number of nitrogens with zero attached hydrogens (tertiary/aromatic N) is 3. The van der Waals surface area contributed by atoms with Gasteiger partial charge in [0.25, 0.3) is 5.91 Å². The summed E-state index contributed by atoms with van der Waals surface area (Å²) in [6.45, 7) is 2.42. The summed E-state index contributed by atoms with van der Waals surface area (Å²) in [5, 5.41) is 4.54. The maximum atomic E-state index is 14.0. The first-order valence-electron chi connectivity index (χ1n) is 11.3. The van der Waals surface area contributed by atoms with Crippen molar-refractivity contribution in [3.63, 3.8) is 0 Å². The van der Waals surface area contributed by atoms with Crippen LogP contribution in [0.3, 0.4) is 0 Å². The van der Waals surface area contributed by atoms with Gasteiger partial charge in [-0.05, 0) is 36.2 Å². The van der Waals surface area contributed by atoms with Gasteiger partial charge in [-0.3, -0.25) is 14.3 Å². The molecular formula is C28H24FN3O3. The second kappa shape index (κ2) is 9.18. The van der Waals surface area contributed by atoms with Crippen molar-refractivity contribution in [3.8, 4) is 17.0 Å². The molecule has 2 heterocycles. The largest absolute Gasteiger partial charge is 0.488 e. The van der Waals surface area contributed by atoms with E-state index in [2.05, 4.69) is 5.10 Å². The van der Waals surface area contributed by atoms with Gasteiger partial charge < -0.3 is 9.64 Å². The molecule has 0 atom stereocenters. The minimum absolute atomic E-state index is 0.00870. The summed E-state index contributed by atoms with van der Waals surface area (Å²) >= 11 is 0. The highest BCUT2D eigenvalue weighted by atomic mass is 19.1. The maximum absolute atomic E-state index is 14.0. The summed E-state index contributed by atoms with van der Waals surface area (Å²) in [6, 6.07) is 21.3. The Morgan fingerprint density at radius 2 is 1.69 bits per heavy atom. The van der Waals surface area contributed by atoms with Crippen LogP contribution in [0.1, 0.15) is 44.5 Å². The molecule has 1 aliphatic heterocycles. The van der Waals surface area contributed by atoms with E-state index in [0.717, 1.165) is 11.1 Å². The van der Waals surface area contributed by atoms with E-state index in [0.29, 0.717) is 41.2 Å². The van der Waals surface area contributed by atoms with E-state index in [9.17, 15) is 14.0 Å². The Morgan fingerprint density at radius 1 is 1.00 bits per heavy atom. The highest BCUT2D eigenvalue weighted by Crippen LogP contribution is 2.39. The third-order valence-electron chi connectivity index (χ3n) is 6.15. The van der Waals surface area contributed by atoms with Gasteiger partial charge in [0, 0.05) is 36.8 Å². The molecule has 1 amide bonds. The number of benzene rings is 3. The summed E-state index contributed by atoms with van der Waals surface area (Å²) in [6.07, 6.45) is 0. The average Bonchev–Trinajstić information content (AvgIpc) is 3.21. The smallest absolute Gasteiger partial charge is 0.275 e. The fraction of sp³-hybridized carbons (Fsp3) is 0.179. The highest BCUT2D eigenvalue weighted by molar-refractivity contribution is 5.96. The summed E-state index contributed by atoms with van der Waals surface area (Å²) in [7, 11) is 1.75. The van der Waals surface area contributed by atoms with E-state index in [-0.39, 0.29) is 29.8 Å². The molecule has 0 radical (unpaired) electrons. The topological polar surface area (TPSA) is 64.4 Å². The van der Waals surface area contributed by atoms with Gasteiger partial charge in [-0.25, -0.2) is 4.39 Å². The van der Waals surface area contributed by atoms with Crippen LogP contribution in [0.5, 0.6) is 5.75 Å². The van der Waals surface area contributed by atoms with Crippen LogP contribution in [0.25, 0.3) is 11.3 Å². The monoisotopic (exact) mass is 469 g/mol. The molecule has 0 saturated heterocycles. The van der Waals surface area contributed by atoms with Gasteiger partial charge in [-0.1, -0.05) is 54.6 Å². The van der Waals surface area contributed by atoms with E-state index in [4.69, 9.17) is 4.74 Å². The van der Waals surface area contributed by atoms with Gasteiger partial charge >= 0.3 is 0 Å². The molecule has 1 aromatic heterocycles. The summed E-state index contributed by atoms with van der Waals surface area (Å²) in [5.41, 5.74) is 4.68. The van der Waals surface area contributed by atoms with E-state index in [1.807, 2.05) is 42.5 Å². The number of hydrogen-bond donors (Lipinski definition) is 0. The van der Waals surface area contributed by atoms with E-state index in [1.165, 1.54) is 19.1 Å². The fourth-order valence-corrected chi connectivity index (χ4v) is 4.39. The Labute approximate surface area is 202 Å². The zero-order valence-corrected chi connectivity index (χ0v) is 19.5. The van der Waals surface area contributed by atoms with Crippen LogP contribution >= 0.6 is 0 Å². The lowest BCUT2D eigenvalue weighted by molar-refractivity contribution is 0.0720.